The molecule has 1 aromatic rings. The molecular weight excluding hydrogens is 284 g/mol. The molecule has 1 aliphatic rings. The van der Waals surface area contributed by atoms with Crippen LogP contribution >= 0.6 is 11.8 Å². The van der Waals surface area contributed by atoms with E-state index < -0.39 is 0 Å². The molecule has 0 radical (unpaired) electrons. The van der Waals surface area contributed by atoms with Crippen molar-refractivity contribution in [3.05, 3.63) is 35.4 Å². The minimum absolute atomic E-state index is 0.157. The lowest BCUT2D eigenvalue weighted by Gasteiger charge is -2.07. The lowest BCUT2D eigenvalue weighted by atomic mass is 10.0. The van der Waals surface area contributed by atoms with E-state index in [1.807, 2.05) is 12.1 Å². The molecule has 0 unspecified atom stereocenters. The van der Waals surface area contributed by atoms with E-state index in [1.165, 1.54) is 11.8 Å². The van der Waals surface area contributed by atoms with Gasteiger partial charge in [0.1, 0.15) is 6.10 Å². The molecule has 110 valence electrons. The van der Waals surface area contributed by atoms with Crippen LogP contribution < -0.4 is 0 Å². The Labute approximate surface area is 129 Å². The summed E-state index contributed by atoms with van der Waals surface area (Å²) in [6.07, 6.45) is 0.864. The summed E-state index contributed by atoms with van der Waals surface area (Å²) in [5, 5.41) is 13.0. The monoisotopic (exact) mass is 302 g/mol. The van der Waals surface area contributed by atoms with Crippen molar-refractivity contribution in [1.82, 2.24) is 0 Å². The first-order chi connectivity index (χ1) is 10.1. The molecule has 0 fully saturated rings. The van der Waals surface area contributed by atoms with Crippen molar-refractivity contribution in [2.75, 3.05) is 5.75 Å². The van der Waals surface area contributed by atoms with Crippen molar-refractivity contribution < 1.29 is 9.63 Å². The van der Waals surface area contributed by atoms with E-state index in [2.05, 4.69) is 25.1 Å². The molecule has 0 saturated carbocycles. The average Bonchev–Trinajstić information content (AvgIpc) is 2.93. The summed E-state index contributed by atoms with van der Waals surface area (Å²) >= 11 is 1.37. The third kappa shape index (κ3) is 4.61. The molecule has 5 heteroatoms. The predicted molar refractivity (Wildman–Crippen MR) is 84.1 cm³/mol. The Kier molecular flexibility index (Phi) is 5.40. The normalized spacial score (nSPS) is 17.2. The first-order valence-electron chi connectivity index (χ1n) is 6.97. The van der Waals surface area contributed by atoms with Crippen LogP contribution in [0.1, 0.15) is 37.8 Å². The molecule has 0 saturated heterocycles. The van der Waals surface area contributed by atoms with Crippen LogP contribution in [-0.2, 0) is 9.63 Å². The van der Waals surface area contributed by atoms with Crippen molar-refractivity contribution in [2.45, 2.75) is 32.8 Å². The third-order valence-corrected chi connectivity index (χ3v) is 4.37. The van der Waals surface area contributed by atoms with Gasteiger partial charge in [0.25, 0.3) is 0 Å². The second-order valence-electron chi connectivity index (χ2n) is 5.44. The summed E-state index contributed by atoms with van der Waals surface area (Å²) in [6, 6.07) is 9.32. The summed E-state index contributed by atoms with van der Waals surface area (Å²) in [5.41, 5.74) is 2.40. The smallest absolute Gasteiger partial charge is 0.192 e. The van der Waals surface area contributed by atoms with Crippen LogP contribution in [0.25, 0.3) is 0 Å². The highest BCUT2D eigenvalue weighted by Crippen LogP contribution is 2.22. The molecule has 0 N–H and O–H groups in total. The number of carbonyl (C=O) groups excluding carboxylic acids is 1. The summed E-state index contributed by atoms with van der Waals surface area (Å²) in [7, 11) is 0. The fourth-order valence-corrected chi connectivity index (χ4v) is 2.77. The van der Waals surface area contributed by atoms with Gasteiger partial charge in [0.2, 0.25) is 0 Å². The van der Waals surface area contributed by atoms with Crippen LogP contribution in [-0.4, -0.2) is 22.7 Å². The van der Waals surface area contributed by atoms with Gasteiger partial charge in [-0.25, -0.2) is 0 Å². The lowest BCUT2D eigenvalue weighted by molar-refractivity contribution is -0.113. The van der Waals surface area contributed by atoms with Crippen LogP contribution in [0.3, 0.4) is 0 Å². The summed E-state index contributed by atoms with van der Waals surface area (Å²) in [5.74, 6) is 1.35. The summed E-state index contributed by atoms with van der Waals surface area (Å²) in [6.45, 7) is 4.19. The average molecular weight is 302 g/mol. The highest BCUT2D eigenvalue weighted by atomic mass is 32.2. The topological polar surface area (TPSA) is 62.5 Å². The Hall–Kier alpha value is -1.80. The zero-order chi connectivity index (χ0) is 15.2. The van der Waals surface area contributed by atoms with E-state index in [1.54, 1.807) is 12.1 Å². The van der Waals surface area contributed by atoms with Crippen LogP contribution in [0, 0.1) is 17.2 Å². The van der Waals surface area contributed by atoms with Crippen molar-refractivity contribution in [3.8, 4) is 6.07 Å². The van der Waals surface area contributed by atoms with Gasteiger partial charge in [-0.2, -0.15) is 5.26 Å². The number of hydrogen-bond acceptors (Lipinski definition) is 5. The number of nitrogens with zero attached hydrogens (tertiary/aromatic N) is 2. The van der Waals surface area contributed by atoms with E-state index in [4.69, 9.17) is 10.1 Å². The number of hydrogen-bond donors (Lipinski definition) is 0. The Morgan fingerprint density at radius 3 is 2.81 bits per heavy atom. The van der Waals surface area contributed by atoms with Crippen molar-refractivity contribution >= 4 is 22.6 Å². The lowest BCUT2D eigenvalue weighted by Crippen LogP contribution is -2.13. The van der Waals surface area contributed by atoms with E-state index in [-0.39, 0.29) is 11.2 Å². The van der Waals surface area contributed by atoms with Gasteiger partial charge in [-0.15, -0.1) is 0 Å². The fraction of sp³-hybridized carbons (Fsp3) is 0.438. The summed E-state index contributed by atoms with van der Waals surface area (Å²) in [4.78, 5) is 17.2. The molecule has 1 aliphatic heterocycles. The first kappa shape index (κ1) is 15.6. The van der Waals surface area contributed by atoms with Crippen LogP contribution in [0.2, 0.25) is 0 Å². The minimum atomic E-state index is -0.164. The molecule has 0 bridgehead atoms. The summed E-state index contributed by atoms with van der Waals surface area (Å²) < 4.78 is 0. The zero-order valence-electron chi connectivity index (χ0n) is 12.2. The number of carbonyl (C=O) groups is 1. The Morgan fingerprint density at radius 2 is 2.19 bits per heavy atom. The van der Waals surface area contributed by atoms with E-state index in [0.717, 1.165) is 17.0 Å². The number of rotatable bonds is 5. The largest absolute Gasteiger partial charge is 0.391 e. The van der Waals surface area contributed by atoms with Crippen molar-refractivity contribution in [2.24, 2.45) is 11.1 Å². The Morgan fingerprint density at radius 1 is 1.48 bits per heavy atom. The van der Waals surface area contributed by atoms with Gasteiger partial charge >= 0.3 is 0 Å². The third-order valence-electron chi connectivity index (χ3n) is 3.05. The second-order valence-corrected chi connectivity index (χ2v) is 6.52. The van der Waals surface area contributed by atoms with Gasteiger partial charge in [0.15, 0.2) is 5.12 Å². The maximum absolute atomic E-state index is 11.8. The molecule has 2 rings (SSSR count). The number of benzene rings is 1. The highest BCUT2D eigenvalue weighted by molar-refractivity contribution is 8.13. The fourth-order valence-electron chi connectivity index (χ4n) is 1.95. The first-order valence-corrected chi connectivity index (χ1v) is 7.96. The maximum Gasteiger partial charge on any atom is 0.192 e. The molecule has 4 nitrogen and oxygen atoms in total. The minimum Gasteiger partial charge on any atom is -0.391 e. The quantitative estimate of drug-likeness (QED) is 0.836. The molecule has 0 spiro atoms. The van der Waals surface area contributed by atoms with Gasteiger partial charge < -0.3 is 4.84 Å². The van der Waals surface area contributed by atoms with Gasteiger partial charge in [0, 0.05) is 12.2 Å². The van der Waals surface area contributed by atoms with Crippen LogP contribution in [0.15, 0.2) is 29.4 Å². The van der Waals surface area contributed by atoms with Crippen LogP contribution in [0.5, 0.6) is 0 Å². The van der Waals surface area contributed by atoms with Crippen molar-refractivity contribution in [3.63, 3.8) is 0 Å². The zero-order valence-corrected chi connectivity index (χ0v) is 13.0. The van der Waals surface area contributed by atoms with E-state index in [0.29, 0.717) is 24.3 Å². The van der Waals surface area contributed by atoms with Crippen molar-refractivity contribution in [1.29, 1.82) is 5.26 Å². The SMILES string of the molecule is CC(C)CSC(=O)C[C@@H]1CC(c2ccc(C#N)cc2)=NO1. The highest BCUT2D eigenvalue weighted by Gasteiger charge is 2.24. The molecule has 1 aromatic carbocycles. The molecule has 0 amide bonds. The Bertz CT molecular complexity index is 573. The number of oxime groups is 1. The molecule has 21 heavy (non-hydrogen) atoms. The van der Waals surface area contributed by atoms with E-state index in [9.17, 15) is 4.79 Å². The van der Waals surface area contributed by atoms with E-state index >= 15 is 0 Å². The standard InChI is InChI=1S/C16H18N2O2S/c1-11(2)10-21-16(19)8-14-7-15(18-20-14)13-5-3-12(9-17)4-6-13/h3-6,11,14H,7-8,10H2,1-2H3/t14-/m0/s1. The van der Waals surface area contributed by atoms with Gasteiger partial charge in [-0.05, 0) is 23.6 Å². The van der Waals surface area contributed by atoms with Crippen LogP contribution in [0.4, 0.5) is 0 Å². The molecule has 1 heterocycles. The molecule has 0 aromatic heterocycles. The maximum atomic E-state index is 11.8. The molecule has 0 aliphatic carbocycles. The van der Waals surface area contributed by atoms with Gasteiger partial charge in [0.05, 0.1) is 23.8 Å². The molecule has 1 atom stereocenters. The number of nitriles is 1. The molecular formula is C16H18N2O2S. The number of thioether (sulfide) groups is 1. The second kappa shape index (κ2) is 7.28. The predicted octanol–water partition coefficient (Wildman–Crippen LogP) is 3.36. The Balaban J connectivity index is 1.85. The van der Waals surface area contributed by atoms with Gasteiger partial charge in [-0.1, -0.05) is 42.9 Å². The van der Waals surface area contributed by atoms with Gasteiger partial charge in [-0.3, -0.25) is 4.79 Å².